The highest BCUT2D eigenvalue weighted by molar-refractivity contribution is 7.53. The molecular weight excluding hydrogens is 429 g/mol. The van der Waals surface area contributed by atoms with Crippen molar-refractivity contribution in [3.05, 3.63) is 12.2 Å². The molecule has 0 spiro atoms. The standard InChI is InChI=1S/C28H58NO3P/c1-6-8-9-10-11-12-13-14-15-16-17-18-19-20-21-22-23-24-25-27-32-33(30,31)28(26-7-2)29(3,4)5/h22-23,28H,6-21,24-27H2,1-5H3/p+1/b23-22-. The molecule has 0 heterocycles. The zero-order valence-corrected chi connectivity index (χ0v) is 23.9. The molecule has 0 radical (unpaired) electrons. The maximum absolute atomic E-state index is 12.6. The van der Waals surface area contributed by atoms with Gasteiger partial charge >= 0.3 is 7.60 Å². The number of quaternary nitrogens is 1. The summed E-state index contributed by atoms with van der Waals surface area (Å²) in [6.45, 7) is 4.69. The normalized spacial score (nSPS) is 15.2. The van der Waals surface area contributed by atoms with Crippen molar-refractivity contribution in [3.8, 4) is 0 Å². The first-order valence-corrected chi connectivity index (χ1v) is 15.8. The second kappa shape index (κ2) is 21.2. The van der Waals surface area contributed by atoms with Crippen LogP contribution in [0.25, 0.3) is 0 Å². The summed E-state index contributed by atoms with van der Waals surface area (Å²) in [6, 6.07) is 0. The van der Waals surface area contributed by atoms with Gasteiger partial charge in [-0.15, -0.1) is 0 Å². The van der Waals surface area contributed by atoms with Crippen molar-refractivity contribution in [3.63, 3.8) is 0 Å². The van der Waals surface area contributed by atoms with Crippen LogP contribution in [0.4, 0.5) is 0 Å². The van der Waals surface area contributed by atoms with E-state index in [0.29, 0.717) is 17.5 Å². The number of hydrogen-bond donors (Lipinski definition) is 1. The Kier molecular flexibility index (Phi) is 21.1. The van der Waals surface area contributed by atoms with Gasteiger partial charge in [0.15, 0.2) is 5.78 Å². The van der Waals surface area contributed by atoms with Gasteiger partial charge in [0.05, 0.1) is 27.7 Å². The first-order valence-electron chi connectivity index (χ1n) is 14.2. The summed E-state index contributed by atoms with van der Waals surface area (Å²) in [5, 5.41) is 0. The Hall–Kier alpha value is -0.150. The fourth-order valence-electron chi connectivity index (χ4n) is 4.42. The molecule has 0 aromatic rings. The molecule has 0 amide bonds. The van der Waals surface area contributed by atoms with Crippen molar-refractivity contribution in [1.82, 2.24) is 0 Å². The Balaban J connectivity index is 3.54. The monoisotopic (exact) mass is 488 g/mol. The molecule has 33 heavy (non-hydrogen) atoms. The van der Waals surface area contributed by atoms with Crippen molar-refractivity contribution < 1.29 is 18.5 Å². The van der Waals surface area contributed by atoms with Crippen LogP contribution in [-0.4, -0.2) is 42.9 Å². The smallest absolute Gasteiger partial charge is 0.320 e. The van der Waals surface area contributed by atoms with Crippen LogP contribution in [0.15, 0.2) is 12.2 Å². The maximum atomic E-state index is 12.6. The van der Waals surface area contributed by atoms with Gasteiger partial charge in [-0.25, -0.2) is 0 Å². The minimum atomic E-state index is -3.59. The third-order valence-electron chi connectivity index (χ3n) is 6.50. The quantitative estimate of drug-likeness (QED) is 0.0637. The van der Waals surface area contributed by atoms with Crippen LogP contribution in [0, 0.1) is 0 Å². The van der Waals surface area contributed by atoms with E-state index in [9.17, 15) is 9.46 Å². The molecule has 0 aliphatic rings. The van der Waals surface area contributed by atoms with E-state index in [4.69, 9.17) is 4.52 Å². The molecule has 0 saturated carbocycles. The second-order valence-electron chi connectivity index (χ2n) is 10.8. The molecule has 0 aliphatic heterocycles. The third kappa shape index (κ3) is 19.8. The minimum Gasteiger partial charge on any atom is -0.320 e. The molecule has 2 unspecified atom stereocenters. The largest absolute Gasteiger partial charge is 0.385 e. The fourth-order valence-corrected chi connectivity index (χ4v) is 6.44. The van der Waals surface area contributed by atoms with E-state index in [0.717, 1.165) is 25.7 Å². The van der Waals surface area contributed by atoms with E-state index in [1.807, 2.05) is 28.1 Å². The summed E-state index contributed by atoms with van der Waals surface area (Å²) in [4.78, 5) is 10.4. The summed E-state index contributed by atoms with van der Waals surface area (Å²) < 4.78 is 18.6. The van der Waals surface area contributed by atoms with E-state index in [-0.39, 0.29) is 5.78 Å². The van der Waals surface area contributed by atoms with Gasteiger partial charge in [0, 0.05) is 6.42 Å². The Bertz CT molecular complexity index is 502. The average molecular weight is 489 g/mol. The number of nitrogens with zero attached hydrogens (tertiary/aromatic N) is 1. The summed E-state index contributed by atoms with van der Waals surface area (Å²) >= 11 is 0. The molecule has 4 nitrogen and oxygen atoms in total. The van der Waals surface area contributed by atoms with Gasteiger partial charge in [0.1, 0.15) is 0 Å². The van der Waals surface area contributed by atoms with Crippen molar-refractivity contribution >= 4 is 7.60 Å². The van der Waals surface area contributed by atoms with Crippen molar-refractivity contribution in [1.29, 1.82) is 0 Å². The topological polar surface area (TPSA) is 46.5 Å². The first kappa shape index (κ1) is 32.8. The van der Waals surface area contributed by atoms with Crippen LogP contribution in [0.1, 0.15) is 136 Å². The predicted molar refractivity (Wildman–Crippen MR) is 146 cm³/mol. The molecule has 0 aliphatic carbocycles. The third-order valence-corrected chi connectivity index (χ3v) is 8.76. The fraction of sp³-hybridized carbons (Fsp3) is 0.929. The van der Waals surface area contributed by atoms with E-state index < -0.39 is 7.60 Å². The molecule has 198 valence electrons. The van der Waals surface area contributed by atoms with E-state index in [1.165, 1.54) is 89.9 Å². The van der Waals surface area contributed by atoms with Crippen molar-refractivity contribution in [2.45, 2.75) is 142 Å². The highest BCUT2D eigenvalue weighted by Crippen LogP contribution is 2.51. The van der Waals surface area contributed by atoms with Gasteiger partial charge < -0.3 is 13.9 Å². The molecule has 5 heteroatoms. The van der Waals surface area contributed by atoms with Crippen LogP contribution < -0.4 is 0 Å². The van der Waals surface area contributed by atoms with Crippen LogP contribution in [0.5, 0.6) is 0 Å². The molecule has 0 aromatic heterocycles. The lowest BCUT2D eigenvalue weighted by atomic mass is 10.0. The van der Waals surface area contributed by atoms with Crippen LogP contribution in [-0.2, 0) is 9.09 Å². The summed E-state index contributed by atoms with van der Waals surface area (Å²) in [5.41, 5.74) is 0. The lowest BCUT2D eigenvalue weighted by Crippen LogP contribution is -2.45. The molecule has 0 aromatic carbocycles. The van der Waals surface area contributed by atoms with Crippen LogP contribution in [0.2, 0.25) is 0 Å². The van der Waals surface area contributed by atoms with Crippen LogP contribution in [0.3, 0.4) is 0 Å². The Morgan fingerprint density at radius 3 is 1.55 bits per heavy atom. The predicted octanol–water partition coefficient (Wildman–Crippen LogP) is 9.23. The van der Waals surface area contributed by atoms with Gasteiger partial charge in [-0.2, -0.15) is 0 Å². The first-order chi connectivity index (χ1) is 15.8. The number of allylic oxidation sites excluding steroid dienone is 2. The summed E-state index contributed by atoms with van der Waals surface area (Å²) in [5.74, 6) is -0.349. The minimum absolute atomic E-state index is 0.349. The lowest BCUT2D eigenvalue weighted by Gasteiger charge is -2.35. The zero-order chi connectivity index (χ0) is 24.8. The summed E-state index contributed by atoms with van der Waals surface area (Å²) in [6.07, 6.45) is 28.5. The Labute approximate surface area is 207 Å². The second-order valence-corrected chi connectivity index (χ2v) is 12.8. The molecule has 0 bridgehead atoms. The Morgan fingerprint density at radius 1 is 0.697 bits per heavy atom. The molecule has 0 saturated heterocycles. The van der Waals surface area contributed by atoms with E-state index in [1.54, 1.807) is 0 Å². The van der Waals surface area contributed by atoms with Gasteiger partial charge in [-0.3, -0.25) is 4.57 Å². The summed E-state index contributed by atoms with van der Waals surface area (Å²) in [7, 11) is 2.31. The highest BCUT2D eigenvalue weighted by Gasteiger charge is 2.41. The van der Waals surface area contributed by atoms with Crippen molar-refractivity contribution in [2.75, 3.05) is 27.7 Å². The van der Waals surface area contributed by atoms with Crippen molar-refractivity contribution in [2.24, 2.45) is 0 Å². The number of unbranched alkanes of at least 4 members (excludes halogenated alkanes) is 15. The van der Waals surface area contributed by atoms with Gasteiger partial charge in [-0.05, 0) is 32.1 Å². The molecule has 2 atom stereocenters. The molecule has 0 fully saturated rings. The van der Waals surface area contributed by atoms with Gasteiger partial charge in [0.2, 0.25) is 0 Å². The average Bonchev–Trinajstić information content (AvgIpc) is 2.75. The Morgan fingerprint density at radius 2 is 1.12 bits per heavy atom. The van der Waals surface area contributed by atoms with Gasteiger partial charge in [0.25, 0.3) is 0 Å². The highest BCUT2D eigenvalue weighted by atomic mass is 31.2. The maximum Gasteiger partial charge on any atom is 0.385 e. The number of hydrogen-bond acceptors (Lipinski definition) is 2. The van der Waals surface area contributed by atoms with Gasteiger partial charge in [-0.1, -0.05) is 109 Å². The SMILES string of the molecule is CCCCCCCCCCCCCCCC/C=C\CCCOP(=O)(O)C(CCC)[N+](C)(C)C. The molecule has 0 rings (SSSR count). The van der Waals surface area contributed by atoms with E-state index in [2.05, 4.69) is 19.1 Å². The van der Waals surface area contributed by atoms with E-state index >= 15 is 0 Å². The number of rotatable bonds is 24. The zero-order valence-electron chi connectivity index (χ0n) is 23.0. The lowest BCUT2D eigenvalue weighted by molar-refractivity contribution is -0.883. The molecular formula is C28H59NO3P+. The molecule has 1 N–H and O–H groups in total. The van der Waals surface area contributed by atoms with Crippen LogP contribution >= 0.6 is 7.60 Å².